The van der Waals surface area contributed by atoms with Crippen molar-refractivity contribution in [2.75, 3.05) is 6.26 Å². The Morgan fingerprint density at radius 1 is 0.923 bits per heavy atom. The van der Waals surface area contributed by atoms with Gasteiger partial charge in [0, 0.05) is 25.0 Å². The lowest BCUT2D eigenvalue weighted by Crippen LogP contribution is -2.41. The topological polar surface area (TPSA) is 69.7 Å². The first-order valence-corrected chi connectivity index (χ1v) is 9.54. The average molecular weight is 370 g/mol. The van der Waals surface area contributed by atoms with Crippen molar-refractivity contribution in [1.29, 1.82) is 0 Å². The number of cyclic esters (lactones) is 2. The van der Waals surface area contributed by atoms with Gasteiger partial charge in [-0.15, -0.1) is 0 Å². The smallest absolute Gasteiger partial charge is 0.348 e. The van der Waals surface area contributed by atoms with E-state index in [0.29, 0.717) is 5.56 Å². The number of benzene rings is 2. The van der Waals surface area contributed by atoms with E-state index in [1.165, 1.54) is 19.9 Å². The number of ether oxygens (including phenoxy) is 2. The minimum Gasteiger partial charge on any atom is -0.419 e. The second-order valence-corrected chi connectivity index (χ2v) is 7.66. The van der Waals surface area contributed by atoms with Gasteiger partial charge < -0.3 is 9.47 Å². The Bertz CT molecular complexity index is 903. The van der Waals surface area contributed by atoms with Crippen LogP contribution in [0.25, 0.3) is 17.2 Å². The predicted octanol–water partition coefficient (Wildman–Crippen LogP) is 3.31. The van der Waals surface area contributed by atoms with Crippen molar-refractivity contribution in [2.45, 2.75) is 24.5 Å². The minimum atomic E-state index is -1.26. The Labute approximate surface area is 154 Å². The standard InChI is InChI=1S/C20H18O5S/c1-20(2)24-18(21)16(19(22)25-20)12-13-8-10-14(11-9-13)15-6-4-5-7-17(15)26(3)23/h4-12H,1-3H3. The van der Waals surface area contributed by atoms with E-state index in [-0.39, 0.29) is 5.57 Å². The molecule has 2 aromatic rings. The van der Waals surface area contributed by atoms with Gasteiger partial charge in [-0.05, 0) is 28.8 Å². The van der Waals surface area contributed by atoms with Crippen LogP contribution >= 0.6 is 0 Å². The molecule has 0 aliphatic carbocycles. The van der Waals surface area contributed by atoms with Crippen LogP contribution in [0.5, 0.6) is 0 Å². The number of carbonyl (C=O) groups excluding carboxylic acids is 2. The maximum Gasteiger partial charge on any atom is 0.348 e. The van der Waals surface area contributed by atoms with Gasteiger partial charge in [-0.2, -0.15) is 0 Å². The van der Waals surface area contributed by atoms with E-state index in [2.05, 4.69) is 0 Å². The predicted molar refractivity (Wildman–Crippen MR) is 98.5 cm³/mol. The molecule has 134 valence electrons. The second-order valence-electron chi connectivity index (χ2n) is 6.31. The van der Waals surface area contributed by atoms with Crippen molar-refractivity contribution in [3.8, 4) is 11.1 Å². The summed E-state index contributed by atoms with van der Waals surface area (Å²) >= 11 is 0. The second kappa shape index (κ2) is 6.88. The van der Waals surface area contributed by atoms with Gasteiger partial charge in [0.25, 0.3) is 5.79 Å². The largest absolute Gasteiger partial charge is 0.419 e. The molecule has 1 atom stereocenters. The Hall–Kier alpha value is -2.73. The highest BCUT2D eigenvalue weighted by molar-refractivity contribution is 7.84. The fourth-order valence-electron chi connectivity index (χ4n) is 2.66. The average Bonchev–Trinajstić information content (AvgIpc) is 2.58. The van der Waals surface area contributed by atoms with Gasteiger partial charge in [0.1, 0.15) is 5.57 Å². The Morgan fingerprint density at radius 2 is 1.50 bits per heavy atom. The van der Waals surface area contributed by atoms with Gasteiger partial charge in [-0.3, -0.25) is 4.21 Å². The van der Waals surface area contributed by atoms with Gasteiger partial charge in [-0.1, -0.05) is 42.5 Å². The van der Waals surface area contributed by atoms with Crippen molar-refractivity contribution >= 4 is 28.8 Å². The summed E-state index contributed by atoms with van der Waals surface area (Å²) in [4.78, 5) is 24.8. The lowest BCUT2D eigenvalue weighted by Gasteiger charge is -2.29. The summed E-state index contributed by atoms with van der Waals surface area (Å²) in [6.07, 6.45) is 3.08. The molecule has 0 radical (unpaired) electrons. The molecule has 1 aliphatic rings. The summed E-state index contributed by atoms with van der Waals surface area (Å²) in [7, 11) is -1.10. The molecular weight excluding hydrogens is 352 g/mol. The van der Waals surface area contributed by atoms with Crippen molar-refractivity contribution in [2.24, 2.45) is 0 Å². The van der Waals surface area contributed by atoms with Gasteiger partial charge in [-0.25, -0.2) is 9.59 Å². The van der Waals surface area contributed by atoms with E-state index in [4.69, 9.17) is 9.47 Å². The zero-order valence-corrected chi connectivity index (χ0v) is 15.5. The molecule has 0 saturated carbocycles. The van der Waals surface area contributed by atoms with Crippen LogP contribution in [0.4, 0.5) is 0 Å². The molecule has 0 bridgehead atoms. The third kappa shape index (κ3) is 3.75. The van der Waals surface area contributed by atoms with Gasteiger partial charge in [0.2, 0.25) is 0 Å². The first kappa shape index (κ1) is 18.1. The summed E-state index contributed by atoms with van der Waals surface area (Å²) in [6.45, 7) is 3.01. The molecular formula is C20H18O5S. The third-order valence-corrected chi connectivity index (χ3v) is 4.82. The quantitative estimate of drug-likeness (QED) is 0.471. The minimum absolute atomic E-state index is 0.146. The molecule has 0 aromatic heterocycles. The first-order chi connectivity index (χ1) is 12.3. The maximum atomic E-state index is 12.0. The van der Waals surface area contributed by atoms with E-state index in [0.717, 1.165) is 16.0 Å². The van der Waals surface area contributed by atoms with Crippen LogP contribution in [0.3, 0.4) is 0 Å². The Kier molecular flexibility index (Phi) is 4.78. The highest BCUT2D eigenvalue weighted by Crippen LogP contribution is 2.28. The normalized spacial score (nSPS) is 17.3. The maximum absolute atomic E-state index is 12.0. The summed E-state index contributed by atoms with van der Waals surface area (Å²) in [5.41, 5.74) is 2.29. The molecule has 2 aromatic carbocycles. The van der Waals surface area contributed by atoms with E-state index in [1.807, 2.05) is 36.4 Å². The summed E-state index contributed by atoms with van der Waals surface area (Å²) < 4.78 is 22.1. The molecule has 5 nitrogen and oxygen atoms in total. The van der Waals surface area contributed by atoms with E-state index < -0.39 is 28.5 Å². The van der Waals surface area contributed by atoms with Crippen LogP contribution in [0.2, 0.25) is 0 Å². The zero-order chi connectivity index (χ0) is 18.9. The van der Waals surface area contributed by atoms with Gasteiger partial charge >= 0.3 is 11.9 Å². The molecule has 0 N–H and O–H groups in total. The van der Waals surface area contributed by atoms with E-state index in [9.17, 15) is 13.8 Å². The molecule has 1 heterocycles. The number of esters is 2. The third-order valence-electron chi connectivity index (χ3n) is 3.85. The molecule has 0 amide bonds. The van der Waals surface area contributed by atoms with Gasteiger partial charge in [0.05, 0.1) is 10.8 Å². The van der Waals surface area contributed by atoms with Crippen LogP contribution in [-0.2, 0) is 29.9 Å². The van der Waals surface area contributed by atoms with Crippen LogP contribution in [-0.4, -0.2) is 28.2 Å². The highest BCUT2D eigenvalue weighted by Gasteiger charge is 2.38. The molecule has 1 aliphatic heterocycles. The van der Waals surface area contributed by atoms with Crippen LogP contribution < -0.4 is 0 Å². The zero-order valence-electron chi connectivity index (χ0n) is 14.6. The molecule has 3 rings (SSSR count). The lowest BCUT2D eigenvalue weighted by atomic mass is 10.0. The molecule has 6 heteroatoms. The molecule has 1 saturated heterocycles. The summed E-state index contributed by atoms with van der Waals surface area (Å²) in [5.74, 6) is -2.67. The fourth-order valence-corrected chi connectivity index (χ4v) is 3.43. The first-order valence-electron chi connectivity index (χ1n) is 7.98. The molecule has 0 spiro atoms. The number of rotatable bonds is 3. The number of hydrogen-bond donors (Lipinski definition) is 0. The molecule has 1 unspecified atom stereocenters. The number of carbonyl (C=O) groups is 2. The van der Waals surface area contributed by atoms with Crippen molar-refractivity contribution in [3.05, 3.63) is 59.7 Å². The van der Waals surface area contributed by atoms with Gasteiger partial charge in [0.15, 0.2) is 0 Å². The van der Waals surface area contributed by atoms with Crippen molar-refractivity contribution < 1.29 is 23.3 Å². The summed E-state index contributed by atoms with van der Waals surface area (Å²) in [5, 5.41) is 0. The number of hydrogen-bond acceptors (Lipinski definition) is 5. The van der Waals surface area contributed by atoms with Crippen LogP contribution in [0.1, 0.15) is 19.4 Å². The van der Waals surface area contributed by atoms with Crippen LogP contribution in [0, 0.1) is 0 Å². The summed E-state index contributed by atoms with van der Waals surface area (Å²) in [6, 6.07) is 14.7. The fraction of sp³-hybridized carbons (Fsp3) is 0.200. The Balaban J connectivity index is 1.91. The van der Waals surface area contributed by atoms with E-state index in [1.54, 1.807) is 18.4 Å². The van der Waals surface area contributed by atoms with Crippen molar-refractivity contribution in [3.63, 3.8) is 0 Å². The molecule has 1 fully saturated rings. The van der Waals surface area contributed by atoms with E-state index >= 15 is 0 Å². The van der Waals surface area contributed by atoms with Crippen molar-refractivity contribution in [1.82, 2.24) is 0 Å². The molecule has 26 heavy (non-hydrogen) atoms. The highest BCUT2D eigenvalue weighted by atomic mass is 32.2. The van der Waals surface area contributed by atoms with Crippen LogP contribution in [0.15, 0.2) is 59.0 Å². The SMILES string of the molecule is CS(=O)c1ccccc1-c1ccc(C=C2C(=O)OC(C)(C)OC2=O)cc1. The lowest BCUT2D eigenvalue weighted by molar-refractivity contribution is -0.222. The Morgan fingerprint density at radius 3 is 2.08 bits per heavy atom. The monoisotopic (exact) mass is 370 g/mol.